The number of amides is 2. The van der Waals surface area contributed by atoms with Crippen molar-refractivity contribution < 1.29 is 9.59 Å². The van der Waals surface area contributed by atoms with E-state index in [4.69, 9.17) is 0 Å². The molecule has 152 valence electrons. The summed E-state index contributed by atoms with van der Waals surface area (Å²) in [6, 6.07) is 16.9. The fourth-order valence-corrected chi connectivity index (χ4v) is 4.48. The van der Waals surface area contributed by atoms with E-state index in [0.717, 1.165) is 28.8 Å². The van der Waals surface area contributed by atoms with Crippen LogP contribution >= 0.6 is 15.9 Å². The smallest absolute Gasteiger partial charge is 0.247 e. The van der Waals surface area contributed by atoms with Gasteiger partial charge < -0.3 is 10.2 Å². The van der Waals surface area contributed by atoms with E-state index in [1.54, 1.807) is 5.01 Å². The Morgan fingerprint density at radius 2 is 1.86 bits per heavy atom. The second kappa shape index (κ2) is 8.65. The molecule has 0 saturated carbocycles. The van der Waals surface area contributed by atoms with Gasteiger partial charge in [0, 0.05) is 23.2 Å². The van der Waals surface area contributed by atoms with Crippen LogP contribution in [0.4, 0.5) is 11.4 Å². The molecule has 7 heteroatoms. The highest BCUT2D eigenvalue weighted by molar-refractivity contribution is 9.10. The van der Waals surface area contributed by atoms with Crippen molar-refractivity contribution in [2.45, 2.75) is 19.4 Å². The summed E-state index contributed by atoms with van der Waals surface area (Å²) in [4.78, 5) is 28.6. The van der Waals surface area contributed by atoms with Gasteiger partial charge in [-0.2, -0.15) is 0 Å². The third-order valence-electron chi connectivity index (χ3n) is 5.60. The second-order valence-electron chi connectivity index (χ2n) is 7.63. The molecule has 4 rings (SSSR count). The maximum atomic E-state index is 13.2. The van der Waals surface area contributed by atoms with Crippen LogP contribution < -0.4 is 15.8 Å². The first-order valence-electron chi connectivity index (χ1n) is 10.0. The average molecular weight is 457 g/mol. The molecule has 2 aliphatic rings. The van der Waals surface area contributed by atoms with Crippen LogP contribution in [0.5, 0.6) is 0 Å². The number of anilines is 2. The summed E-state index contributed by atoms with van der Waals surface area (Å²) in [7, 11) is 0. The first kappa shape index (κ1) is 20.1. The van der Waals surface area contributed by atoms with Crippen molar-refractivity contribution in [3.63, 3.8) is 0 Å². The molecule has 2 aromatic carbocycles. The first-order chi connectivity index (χ1) is 14.1. The summed E-state index contributed by atoms with van der Waals surface area (Å²) in [6.45, 7) is 4.31. The number of piperidine rings is 1. The van der Waals surface area contributed by atoms with Gasteiger partial charge in [0.05, 0.1) is 23.6 Å². The molecular formula is C22H25BrN4O2. The molecule has 3 unspecified atom stereocenters. The van der Waals surface area contributed by atoms with Crippen molar-refractivity contribution in [2.75, 3.05) is 30.0 Å². The monoisotopic (exact) mass is 456 g/mol. The summed E-state index contributed by atoms with van der Waals surface area (Å²) >= 11 is 3.41. The van der Waals surface area contributed by atoms with Crippen molar-refractivity contribution in [2.24, 2.45) is 11.8 Å². The largest absolute Gasteiger partial charge is 0.326 e. The zero-order chi connectivity index (χ0) is 20.4. The van der Waals surface area contributed by atoms with Gasteiger partial charge in [0.2, 0.25) is 11.8 Å². The fraction of sp³-hybridized carbons (Fsp3) is 0.364. The SMILES string of the molecule is CCCN1CC(C(=O)Nc2ccc(Br)cc2)C2NN(c3ccccc3)C(=O)C2C1. The van der Waals surface area contributed by atoms with E-state index >= 15 is 0 Å². The van der Waals surface area contributed by atoms with E-state index in [0.29, 0.717) is 13.1 Å². The minimum atomic E-state index is -0.318. The lowest BCUT2D eigenvalue weighted by molar-refractivity contribution is -0.126. The van der Waals surface area contributed by atoms with E-state index in [-0.39, 0.29) is 29.7 Å². The van der Waals surface area contributed by atoms with Crippen LogP contribution in [0.1, 0.15) is 13.3 Å². The highest BCUT2D eigenvalue weighted by Crippen LogP contribution is 2.32. The van der Waals surface area contributed by atoms with E-state index in [1.165, 1.54) is 0 Å². The Morgan fingerprint density at radius 3 is 2.55 bits per heavy atom. The van der Waals surface area contributed by atoms with Gasteiger partial charge in [0.25, 0.3) is 0 Å². The van der Waals surface area contributed by atoms with Gasteiger partial charge in [0.1, 0.15) is 0 Å². The molecule has 2 amide bonds. The number of halogens is 1. The van der Waals surface area contributed by atoms with Gasteiger partial charge in [-0.1, -0.05) is 41.1 Å². The number of hydrogen-bond acceptors (Lipinski definition) is 4. The number of nitrogens with zero attached hydrogens (tertiary/aromatic N) is 2. The third-order valence-corrected chi connectivity index (χ3v) is 6.12. The zero-order valence-corrected chi connectivity index (χ0v) is 17.9. The Hall–Kier alpha value is -2.22. The summed E-state index contributed by atoms with van der Waals surface area (Å²) < 4.78 is 0.962. The number of rotatable bonds is 5. The maximum absolute atomic E-state index is 13.2. The number of fused-ring (bicyclic) bond motifs is 1. The molecule has 2 saturated heterocycles. The number of benzene rings is 2. The molecule has 2 fully saturated rings. The fourth-order valence-electron chi connectivity index (χ4n) is 4.22. The van der Waals surface area contributed by atoms with Gasteiger partial charge in [0.15, 0.2) is 0 Å². The van der Waals surface area contributed by atoms with Gasteiger partial charge in [-0.25, -0.2) is 10.4 Å². The van der Waals surface area contributed by atoms with E-state index in [1.807, 2.05) is 54.6 Å². The Balaban J connectivity index is 1.57. The van der Waals surface area contributed by atoms with Crippen LogP contribution in [-0.2, 0) is 9.59 Å². The van der Waals surface area contributed by atoms with E-state index in [2.05, 4.69) is 38.5 Å². The summed E-state index contributed by atoms with van der Waals surface area (Å²) in [5.41, 5.74) is 4.90. The van der Waals surface area contributed by atoms with Crippen LogP contribution in [0.3, 0.4) is 0 Å². The standard InChI is InChI=1S/C22H25BrN4O2/c1-2-12-26-13-18(21(28)24-16-10-8-15(23)9-11-16)20-19(14-26)22(29)27(25-20)17-6-4-3-5-7-17/h3-11,18-20,25H,2,12-14H2,1H3,(H,24,28). The second-order valence-corrected chi connectivity index (χ2v) is 8.55. The Labute approximate surface area is 179 Å². The van der Waals surface area contributed by atoms with Crippen LogP contribution in [0.25, 0.3) is 0 Å². The predicted molar refractivity (Wildman–Crippen MR) is 117 cm³/mol. The van der Waals surface area contributed by atoms with Gasteiger partial charge in [-0.05, 0) is 49.4 Å². The molecule has 2 N–H and O–H groups in total. The Morgan fingerprint density at radius 1 is 1.14 bits per heavy atom. The molecule has 2 aromatic rings. The van der Waals surface area contributed by atoms with Crippen LogP contribution in [0.2, 0.25) is 0 Å². The number of nitrogens with one attached hydrogen (secondary N) is 2. The summed E-state index contributed by atoms with van der Waals surface area (Å²) in [6.07, 6.45) is 0.989. The molecule has 3 atom stereocenters. The molecule has 29 heavy (non-hydrogen) atoms. The van der Waals surface area contributed by atoms with Crippen molar-refractivity contribution in [1.29, 1.82) is 0 Å². The quantitative estimate of drug-likeness (QED) is 0.724. The molecule has 2 aliphatic heterocycles. The Bertz CT molecular complexity index is 874. The number of hydrazine groups is 1. The molecule has 2 heterocycles. The number of para-hydroxylation sites is 1. The molecule has 6 nitrogen and oxygen atoms in total. The van der Waals surface area contributed by atoms with Gasteiger partial charge >= 0.3 is 0 Å². The number of likely N-dealkylation sites (tertiary alicyclic amines) is 1. The molecule has 0 radical (unpaired) electrons. The zero-order valence-electron chi connectivity index (χ0n) is 16.3. The van der Waals surface area contributed by atoms with E-state index < -0.39 is 0 Å². The van der Waals surface area contributed by atoms with Crippen molar-refractivity contribution in [3.05, 3.63) is 59.1 Å². The van der Waals surface area contributed by atoms with Crippen molar-refractivity contribution in [3.8, 4) is 0 Å². The van der Waals surface area contributed by atoms with Crippen LogP contribution in [-0.4, -0.2) is 42.4 Å². The average Bonchev–Trinajstić information content (AvgIpc) is 3.07. The molecule has 0 spiro atoms. The highest BCUT2D eigenvalue weighted by atomic mass is 79.9. The summed E-state index contributed by atoms with van der Waals surface area (Å²) in [5.74, 6) is -0.584. The predicted octanol–water partition coefficient (Wildman–Crippen LogP) is 3.27. The lowest BCUT2D eigenvalue weighted by Gasteiger charge is -2.38. The van der Waals surface area contributed by atoms with Gasteiger partial charge in [-0.15, -0.1) is 0 Å². The van der Waals surface area contributed by atoms with Gasteiger partial charge in [-0.3, -0.25) is 9.59 Å². The minimum Gasteiger partial charge on any atom is -0.326 e. The molecule has 0 aromatic heterocycles. The first-order valence-corrected chi connectivity index (χ1v) is 10.8. The minimum absolute atomic E-state index is 0.0310. The van der Waals surface area contributed by atoms with Crippen LogP contribution in [0.15, 0.2) is 59.1 Å². The third kappa shape index (κ3) is 4.22. The normalized spacial score (nSPS) is 24.4. The van der Waals surface area contributed by atoms with E-state index in [9.17, 15) is 9.59 Å². The Kier molecular flexibility index (Phi) is 5.99. The molecular weight excluding hydrogens is 432 g/mol. The molecule has 0 aliphatic carbocycles. The van der Waals surface area contributed by atoms with Crippen molar-refractivity contribution >= 4 is 39.1 Å². The molecule has 0 bridgehead atoms. The highest BCUT2D eigenvalue weighted by Gasteiger charge is 2.50. The number of carbonyl (C=O) groups excluding carboxylic acids is 2. The van der Waals surface area contributed by atoms with Crippen LogP contribution in [0, 0.1) is 11.8 Å². The van der Waals surface area contributed by atoms with Crippen molar-refractivity contribution in [1.82, 2.24) is 10.3 Å². The number of hydrogen-bond donors (Lipinski definition) is 2. The maximum Gasteiger partial charge on any atom is 0.247 e. The topological polar surface area (TPSA) is 64.7 Å². The summed E-state index contributed by atoms with van der Waals surface area (Å²) in [5, 5.41) is 4.64. The lowest BCUT2D eigenvalue weighted by Crippen LogP contribution is -2.56. The lowest BCUT2D eigenvalue weighted by atomic mass is 9.84. The number of carbonyl (C=O) groups is 2.